The van der Waals surface area contributed by atoms with Gasteiger partial charge < -0.3 is 45.4 Å². The van der Waals surface area contributed by atoms with Gasteiger partial charge in [0, 0.05) is 6.42 Å². The second-order valence-corrected chi connectivity index (χ2v) is 15.8. The molecule has 0 aromatic heterocycles. The minimum absolute atomic E-state index is 0.258. The number of ether oxygens (including phenoxy) is 2. The van der Waals surface area contributed by atoms with Crippen molar-refractivity contribution in [2.45, 2.75) is 237 Å². The highest BCUT2D eigenvalue weighted by Crippen LogP contribution is 2.23. The Morgan fingerprint density at radius 3 is 1.57 bits per heavy atom. The standard InChI is InChI=1S/C41H81NO9/c1-4-5-6-7-8-9-10-11-12-13-14-15-20-23-26-29-36(45)42-33(31-50-41-40(49)39(48)38(47)35(30-43)51-41)37(46)34(44)28-25-22-19-17-16-18-21-24-27-32(2)3/h32-35,37-41,43-44,46-49H,4-31H2,1-3H3,(H,42,45). The first kappa shape index (κ1) is 48.2. The molecule has 1 aliphatic heterocycles. The Labute approximate surface area is 311 Å². The highest BCUT2D eigenvalue weighted by atomic mass is 16.7. The Hall–Kier alpha value is -0.850. The van der Waals surface area contributed by atoms with E-state index in [1.165, 1.54) is 103 Å². The summed E-state index contributed by atoms with van der Waals surface area (Å²) in [7, 11) is 0. The summed E-state index contributed by atoms with van der Waals surface area (Å²) in [5, 5.41) is 64.9. The van der Waals surface area contributed by atoms with Crippen LogP contribution >= 0.6 is 0 Å². The lowest BCUT2D eigenvalue weighted by molar-refractivity contribution is -0.303. The van der Waals surface area contributed by atoms with E-state index in [9.17, 15) is 35.4 Å². The van der Waals surface area contributed by atoms with Gasteiger partial charge in [0.1, 0.15) is 30.5 Å². The first-order valence-corrected chi connectivity index (χ1v) is 21.2. The number of hydrogen-bond acceptors (Lipinski definition) is 9. The molecule has 0 aromatic carbocycles. The van der Waals surface area contributed by atoms with Gasteiger partial charge in [0.15, 0.2) is 6.29 Å². The number of carbonyl (C=O) groups is 1. The molecule has 8 atom stereocenters. The molecule has 1 rings (SSSR count). The molecule has 0 aromatic rings. The van der Waals surface area contributed by atoms with Crippen molar-refractivity contribution in [3.8, 4) is 0 Å². The van der Waals surface area contributed by atoms with Gasteiger partial charge in [-0.2, -0.15) is 0 Å². The predicted molar refractivity (Wildman–Crippen MR) is 204 cm³/mol. The number of aliphatic hydroxyl groups is 6. The zero-order chi connectivity index (χ0) is 37.7. The van der Waals surface area contributed by atoms with Crippen molar-refractivity contribution in [1.82, 2.24) is 5.32 Å². The highest BCUT2D eigenvalue weighted by molar-refractivity contribution is 5.76. The fraction of sp³-hybridized carbons (Fsp3) is 0.976. The van der Waals surface area contributed by atoms with Gasteiger partial charge in [0.05, 0.1) is 25.4 Å². The summed E-state index contributed by atoms with van der Waals surface area (Å²) in [6.45, 7) is 5.88. The van der Waals surface area contributed by atoms with Gasteiger partial charge in [-0.15, -0.1) is 0 Å². The summed E-state index contributed by atoms with van der Waals surface area (Å²) in [5.41, 5.74) is 0. The smallest absolute Gasteiger partial charge is 0.220 e. The number of unbranched alkanes of at least 4 members (excludes halogenated alkanes) is 21. The zero-order valence-electron chi connectivity index (χ0n) is 32.9. The second kappa shape index (κ2) is 31.5. The van der Waals surface area contributed by atoms with E-state index in [1.54, 1.807) is 0 Å². The first-order valence-electron chi connectivity index (χ1n) is 21.2. The quantitative estimate of drug-likeness (QED) is 0.0351. The van der Waals surface area contributed by atoms with Gasteiger partial charge in [-0.25, -0.2) is 0 Å². The van der Waals surface area contributed by atoms with E-state index in [4.69, 9.17) is 9.47 Å². The molecule has 10 nitrogen and oxygen atoms in total. The van der Waals surface area contributed by atoms with Gasteiger partial charge in [-0.3, -0.25) is 4.79 Å². The van der Waals surface area contributed by atoms with Crippen LogP contribution in [0.1, 0.15) is 188 Å². The lowest BCUT2D eigenvalue weighted by Crippen LogP contribution is -2.60. The molecule has 304 valence electrons. The molecule has 1 saturated heterocycles. The average molecular weight is 732 g/mol. The molecular weight excluding hydrogens is 650 g/mol. The molecule has 1 heterocycles. The molecule has 0 bridgehead atoms. The topological polar surface area (TPSA) is 169 Å². The molecule has 0 aliphatic carbocycles. The third-order valence-corrected chi connectivity index (χ3v) is 10.5. The van der Waals surface area contributed by atoms with Crippen LogP contribution in [0.3, 0.4) is 0 Å². The van der Waals surface area contributed by atoms with E-state index in [0.717, 1.165) is 57.3 Å². The summed E-state index contributed by atoms with van der Waals surface area (Å²) in [6.07, 6.45) is 19.8. The summed E-state index contributed by atoms with van der Waals surface area (Å²) >= 11 is 0. The number of aliphatic hydroxyl groups excluding tert-OH is 6. The van der Waals surface area contributed by atoms with E-state index in [0.29, 0.717) is 6.42 Å². The van der Waals surface area contributed by atoms with Crippen molar-refractivity contribution in [2.24, 2.45) is 5.92 Å². The number of hydrogen-bond donors (Lipinski definition) is 7. The fourth-order valence-electron chi connectivity index (χ4n) is 6.97. The van der Waals surface area contributed by atoms with Crippen LogP contribution in [0.25, 0.3) is 0 Å². The molecule has 0 saturated carbocycles. The second-order valence-electron chi connectivity index (χ2n) is 15.8. The van der Waals surface area contributed by atoms with Crippen LogP contribution in [0, 0.1) is 5.92 Å². The maximum Gasteiger partial charge on any atom is 0.220 e. The Kier molecular flexibility index (Phi) is 29.7. The van der Waals surface area contributed by atoms with Gasteiger partial charge in [0.2, 0.25) is 5.91 Å². The normalized spacial score (nSPS) is 22.7. The van der Waals surface area contributed by atoms with Crippen LogP contribution in [-0.4, -0.2) is 98.7 Å². The van der Waals surface area contributed by atoms with E-state index >= 15 is 0 Å². The summed E-state index contributed by atoms with van der Waals surface area (Å²) in [6, 6.07) is -0.984. The molecule has 0 radical (unpaired) electrons. The van der Waals surface area contributed by atoms with E-state index in [1.807, 2.05) is 0 Å². The largest absolute Gasteiger partial charge is 0.394 e. The van der Waals surface area contributed by atoms with Crippen molar-refractivity contribution >= 4 is 5.91 Å². The fourth-order valence-corrected chi connectivity index (χ4v) is 6.97. The van der Waals surface area contributed by atoms with Crippen LogP contribution in [0.5, 0.6) is 0 Å². The maximum absolute atomic E-state index is 12.9. The highest BCUT2D eigenvalue weighted by Gasteiger charge is 2.44. The monoisotopic (exact) mass is 732 g/mol. The summed E-state index contributed by atoms with van der Waals surface area (Å²) in [5.74, 6) is 0.504. The molecular formula is C41H81NO9. The lowest BCUT2D eigenvalue weighted by atomic mass is 9.98. The van der Waals surface area contributed by atoms with Crippen LogP contribution in [0.15, 0.2) is 0 Å². The Morgan fingerprint density at radius 1 is 0.647 bits per heavy atom. The Bertz CT molecular complexity index is 801. The van der Waals surface area contributed by atoms with Crippen LogP contribution in [-0.2, 0) is 14.3 Å². The molecule has 1 aliphatic rings. The minimum atomic E-state index is -1.60. The first-order chi connectivity index (χ1) is 24.6. The van der Waals surface area contributed by atoms with Crippen molar-refractivity contribution in [3.05, 3.63) is 0 Å². The molecule has 7 N–H and O–H groups in total. The SMILES string of the molecule is CCCCCCCCCCCCCCCCCC(=O)NC(COC1OC(CO)C(O)C(O)C1O)C(O)C(O)CCCCCCCCCCC(C)C. The van der Waals surface area contributed by atoms with E-state index in [-0.39, 0.29) is 18.9 Å². The third kappa shape index (κ3) is 23.5. The van der Waals surface area contributed by atoms with Gasteiger partial charge in [-0.1, -0.05) is 168 Å². The number of carbonyl (C=O) groups excluding carboxylic acids is 1. The van der Waals surface area contributed by atoms with Gasteiger partial charge in [0.25, 0.3) is 0 Å². The third-order valence-electron chi connectivity index (χ3n) is 10.5. The van der Waals surface area contributed by atoms with Crippen molar-refractivity contribution in [2.75, 3.05) is 13.2 Å². The molecule has 1 amide bonds. The molecule has 1 fully saturated rings. The molecule has 10 heteroatoms. The summed E-state index contributed by atoms with van der Waals surface area (Å²) < 4.78 is 11.1. The molecule has 0 spiro atoms. The number of nitrogens with one attached hydrogen (secondary N) is 1. The van der Waals surface area contributed by atoms with Crippen molar-refractivity contribution < 1.29 is 44.9 Å². The molecule has 8 unspecified atom stereocenters. The van der Waals surface area contributed by atoms with Gasteiger partial charge >= 0.3 is 0 Å². The van der Waals surface area contributed by atoms with Crippen molar-refractivity contribution in [1.29, 1.82) is 0 Å². The van der Waals surface area contributed by atoms with E-state index < -0.39 is 55.6 Å². The Morgan fingerprint density at radius 2 is 1.10 bits per heavy atom. The zero-order valence-corrected chi connectivity index (χ0v) is 32.9. The van der Waals surface area contributed by atoms with E-state index in [2.05, 4.69) is 26.1 Å². The van der Waals surface area contributed by atoms with Crippen LogP contribution in [0.2, 0.25) is 0 Å². The van der Waals surface area contributed by atoms with Crippen LogP contribution < -0.4 is 5.32 Å². The van der Waals surface area contributed by atoms with Crippen molar-refractivity contribution in [3.63, 3.8) is 0 Å². The minimum Gasteiger partial charge on any atom is -0.394 e. The average Bonchev–Trinajstić information content (AvgIpc) is 3.11. The predicted octanol–water partition coefficient (Wildman–Crippen LogP) is 6.83. The van der Waals surface area contributed by atoms with Crippen LogP contribution in [0.4, 0.5) is 0 Å². The number of amides is 1. The molecule has 51 heavy (non-hydrogen) atoms. The number of rotatable bonds is 34. The maximum atomic E-state index is 12.9. The van der Waals surface area contributed by atoms with Gasteiger partial charge in [-0.05, 0) is 18.8 Å². The Balaban J connectivity index is 2.43. The lowest BCUT2D eigenvalue weighted by Gasteiger charge is -2.40. The summed E-state index contributed by atoms with van der Waals surface area (Å²) in [4.78, 5) is 12.9.